The molecule has 3 aromatic heterocycles. The van der Waals surface area contributed by atoms with Gasteiger partial charge in [-0.3, -0.25) is 14.6 Å². The average molecular weight is 666 g/mol. The molecule has 6 rings (SSSR count). The number of anilines is 3. The highest BCUT2D eigenvalue weighted by molar-refractivity contribution is 6.04. The summed E-state index contributed by atoms with van der Waals surface area (Å²) in [5.41, 5.74) is 4.89. The van der Waals surface area contributed by atoms with E-state index in [2.05, 4.69) is 46.8 Å². The smallest absolute Gasteiger partial charge is 0.302 e. The van der Waals surface area contributed by atoms with Crippen molar-refractivity contribution in [2.24, 2.45) is 5.92 Å². The topological polar surface area (TPSA) is 147 Å². The van der Waals surface area contributed by atoms with Crippen LogP contribution in [0.25, 0.3) is 27.7 Å². The van der Waals surface area contributed by atoms with Gasteiger partial charge in [0.2, 0.25) is 11.9 Å². The van der Waals surface area contributed by atoms with Gasteiger partial charge in [-0.05, 0) is 60.4 Å². The average Bonchev–Trinajstić information content (AvgIpc) is 3.53. The second-order valence-electron chi connectivity index (χ2n) is 12.6. The van der Waals surface area contributed by atoms with Gasteiger partial charge in [0, 0.05) is 54.5 Å². The number of halogens is 1. The maximum absolute atomic E-state index is 13.3. The number of benzene rings is 2. The molecular weight excluding hydrogens is 625 g/mol. The minimum absolute atomic E-state index is 0.119. The second-order valence-corrected chi connectivity index (χ2v) is 12.6. The number of fused-ring (bicyclic) bond motifs is 2. The quantitative estimate of drug-likeness (QED) is 0.0947. The summed E-state index contributed by atoms with van der Waals surface area (Å²) in [6.45, 7) is 11.0. The molecule has 1 amide bonds. The molecule has 1 saturated heterocycles. The molecule has 5 aromatic rings. The lowest BCUT2D eigenvalue weighted by atomic mass is 9.93. The number of hydrogen-bond acceptors (Lipinski definition) is 10. The zero-order chi connectivity index (χ0) is 34.5. The van der Waals surface area contributed by atoms with Crippen LogP contribution in [0.2, 0.25) is 0 Å². The van der Waals surface area contributed by atoms with Crippen LogP contribution >= 0.6 is 0 Å². The lowest BCUT2D eigenvalue weighted by Crippen LogP contribution is -2.43. The van der Waals surface area contributed by atoms with Crippen molar-refractivity contribution >= 4 is 45.9 Å². The molecule has 1 aliphatic heterocycles. The maximum atomic E-state index is 13.3. The third kappa shape index (κ3) is 7.83. The number of ether oxygens (including phenoxy) is 1. The van der Waals surface area contributed by atoms with E-state index in [9.17, 15) is 14.0 Å². The maximum Gasteiger partial charge on any atom is 0.302 e. The van der Waals surface area contributed by atoms with Crippen LogP contribution < -0.4 is 21.3 Å². The number of rotatable bonds is 12. The Morgan fingerprint density at radius 1 is 1.14 bits per heavy atom. The zero-order valence-corrected chi connectivity index (χ0v) is 27.8. The van der Waals surface area contributed by atoms with Crippen molar-refractivity contribution in [3.05, 3.63) is 84.5 Å². The summed E-state index contributed by atoms with van der Waals surface area (Å²) in [7, 11) is 0. The largest absolute Gasteiger partial charge is 0.464 e. The molecule has 4 heterocycles. The van der Waals surface area contributed by atoms with Gasteiger partial charge in [0.25, 0.3) is 5.91 Å². The van der Waals surface area contributed by atoms with Gasteiger partial charge in [0.1, 0.15) is 6.61 Å². The molecule has 1 aliphatic rings. The molecular formula is C36H40FN9O3. The van der Waals surface area contributed by atoms with Crippen LogP contribution in [0.5, 0.6) is 0 Å². The Morgan fingerprint density at radius 3 is 2.78 bits per heavy atom. The van der Waals surface area contributed by atoms with Gasteiger partial charge in [0.15, 0.2) is 11.5 Å². The summed E-state index contributed by atoms with van der Waals surface area (Å²) >= 11 is 0. The predicted molar refractivity (Wildman–Crippen MR) is 188 cm³/mol. The van der Waals surface area contributed by atoms with Gasteiger partial charge < -0.3 is 26.0 Å². The third-order valence-corrected chi connectivity index (χ3v) is 8.64. The Balaban J connectivity index is 1.24. The van der Waals surface area contributed by atoms with Gasteiger partial charge in [-0.15, -0.1) is 0 Å². The van der Waals surface area contributed by atoms with Crippen LogP contribution in [-0.2, 0) is 20.9 Å². The van der Waals surface area contributed by atoms with E-state index in [1.54, 1.807) is 22.8 Å². The van der Waals surface area contributed by atoms with Crippen molar-refractivity contribution in [1.82, 2.24) is 29.9 Å². The van der Waals surface area contributed by atoms with E-state index < -0.39 is 11.7 Å². The van der Waals surface area contributed by atoms with Crippen molar-refractivity contribution in [2.75, 3.05) is 35.6 Å². The van der Waals surface area contributed by atoms with E-state index in [1.807, 2.05) is 42.6 Å². The van der Waals surface area contributed by atoms with E-state index in [-0.39, 0.29) is 17.9 Å². The first-order chi connectivity index (χ1) is 23.7. The number of pyridine rings is 1. The highest BCUT2D eigenvalue weighted by atomic mass is 19.1. The van der Waals surface area contributed by atoms with Crippen molar-refractivity contribution < 1.29 is 18.7 Å². The Labute approximate surface area is 283 Å². The van der Waals surface area contributed by atoms with Crippen molar-refractivity contribution in [3.63, 3.8) is 0 Å². The molecule has 0 bridgehead atoms. The molecule has 1 fully saturated rings. The number of carbonyl (C=O) groups is 2. The van der Waals surface area contributed by atoms with Gasteiger partial charge in [-0.1, -0.05) is 50.8 Å². The van der Waals surface area contributed by atoms with Crippen LogP contribution in [0.15, 0.2) is 73.3 Å². The number of hydrogen-bond donors (Lipinski definition) is 4. The number of esters is 1. The number of nitrogens with one attached hydrogen (secondary N) is 4. The number of nitrogens with zero attached hydrogens (tertiary/aromatic N) is 5. The Bertz CT molecular complexity index is 2010. The van der Waals surface area contributed by atoms with Crippen LogP contribution in [-0.4, -0.2) is 62.2 Å². The van der Waals surface area contributed by atoms with E-state index in [0.717, 1.165) is 58.2 Å². The monoisotopic (exact) mass is 665 g/mol. The molecule has 2 atom stereocenters. The van der Waals surface area contributed by atoms with Crippen LogP contribution in [0, 0.1) is 5.92 Å². The standard InChI is InChI=1S/C36H40FN9O3/c1-21(2)31-19-42-46-33(31)44-35(40-17-24-11-13-38-28(15-24)20-49-23(4)47)45-36(46)41-18-26-7-5-6-8-29(26)32-30-10-9-27(43-34(48)22(3)37)16-25(30)12-14-39-32/h5-10,12,14,16,19,21,24,28,38H,3,11,13,15,17-18,20H2,1-2,4H3,(H,43,48)(H2,40,41,44,45)/t24-,28?/m0/s1. The minimum Gasteiger partial charge on any atom is -0.464 e. The summed E-state index contributed by atoms with van der Waals surface area (Å²) in [5.74, 6) is -0.570. The fourth-order valence-corrected chi connectivity index (χ4v) is 6.11. The predicted octanol–water partition coefficient (Wildman–Crippen LogP) is 5.84. The lowest BCUT2D eigenvalue weighted by Gasteiger charge is -2.30. The van der Waals surface area contributed by atoms with Crippen LogP contribution in [0.1, 0.15) is 50.7 Å². The minimum atomic E-state index is -1.05. The zero-order valence-electron chi connectivity index (χ0n) is 27.8. The van der Waals surface area contributed by atoms with Crippen molar-refractivity contribution in [2.45, 2.75) is 52.1 Å². The fraction of sp³-hybridized carbons (Fsp3) is 0.333. The van der Waals surface area contributed by atoms with E-state index in [4.69, 9.17) is 19.7 Å². The van der Waals surface area contributed by atoms with Gasteiger partial charge in [-0.2, -0.15) is 19.6 Å². The lowest BCUT2D eigenvalue weighted by molar-refractivity contribution is -0.142. The molecule has 254 valence electrons. The Hall–Kier alpha value is -5.43. The van der Waals surface area contributed by atoms with Gasteiger partial charge in [-0.25, -0.2) is 4.39 Å². The molecule has 4 N–H and O–H groups in total. The highest BCUT2D eigenvalue weighted by Crippen LogP contribution is 2.31. The normalized spacial score (nSPS) is 16.1. The molecule has 2 aromatic carbocycles. The van der Waals surface area contributed by atoms with Crippen LogP contribution in [0.3, 0.4) is 0 Å². The number of piperidine rings is 1. The number of aromatic nitrogens is 5. The first-order valence-electron chi connectivity index (χ1n) is 16.4. The summed E-state index contributed by atoms with van der Waals surface area (Å²) < 4.78 is 20.3. The fourth-order valence-electron chi connectivity index (χ4n) is 6.11. The van der Waals surface area contributed by atoms with E-state index in [0.29, 0.717) is 43.2 Å². The highest BCUT2D eigenvalue weighted by Gasteiger charge is 2.23. The molecule has 0 saturated carbocycles. The third-order valence-electron chi connectivity index (χ3n) is 8.64. The van der Waals surface area contributed by atoms with Gasteiger partial charge in [0.05, 0.1) is 11.9 Å². The molecule has 1 unspecified atom stereocenters. The summed E-state index contributed by atoms with van der Waals surface area (Å²) in [6, 6.07) is 15.3. The SMILES string of the molecule is C=C(F)C(=O)Nc1ccc2c(-c3ccccc3CNc3nc(NC[C@H]4CCNC(COC(C)=O)C4)nc4c(C(C)C)cnn34)nccc2c1. The first-order valence-corrected chi connectivity index (χ1v) is 16.4. The first kappa shape index (κ1) is 33.5. The molecule has 49 heavy (non-hydrogen) atoms. The number of carbonyl (C=O) groups excluding carboxylic acids is 2. The molecule has 0 spiro atoms. The Morgan fingerprint density at radius 2 is 1.98 bits per heavy atom. The van der Waals surface area contributed by atoms with Crippen molar-refractivity contribution in [1.29, 1.82) is 0 Å². The summed E-state index contributed by atoms with van der Waals surface area (Å²) in [6.07, 6.45) is 5.42. The van der Waals surface area contributed by atoms with Crippen molar-refractivity contribution in [3.8, 4) is 11.3 Å². The van der Waals surface area contributed by atoms with E-state index in [1.165, 1.54) is 6.92 Å². The van der Waals surface area contributed by atoms with Crippen LogP contribution in [0.4, 0.5) is 22.0 Å². The molecule has 0 aliphatic carbocycles. The summed E-state index contributed by atoms with van der Waals surface area (Å²) in [4.78, 5) is 37.6. The number of amides is 1. The molecule has 0 radical (unpaired) electrons. The molecule has 12 nitrogen and oxygen atoms in total. The van der Waals surface area contributed by atoms with Gasteiger partial charge >= 0.3 is 5.97 Å². The Kier molecular flexibility index (Phi) is 10.1. The second kappa shape index (κ2) is 14.8. The van der Waals surface area contributed by atoms with E-state index >= 15 is 0 Å². The summed E-state index contributed by atoms with van der Waals surface area (Å²) in [5, 5.41) is 19.3. The molecule has 13 heteroatoms.